The summed E-state index contributed by atoms with van der Waals surface area (Å²) in [6, 6.07) is 7.82. The Kier molecular flexibility index (Phi) is 5.85. The molecule has 2 rings (SSSR count). The Balaban J connectivity index is 2.03. The Morgan fingerprint density at radius 1 is 1.41 bits per heavy atom. The Hall–Kier alpha value is -1.53. The van der Waals surface area contributed by atoms with Crippen molar-refractivity contribution in [3.05, 3.63) is 39.8 Å². The summed E-state index contributed by atoms with van der Waals surface area (Å²) < 4.78 is 0.977. The van der Waals surface area contributed by atoms with Crippen LogP contribution in [0, 0.1) is 5.92 Å². The summed E-state index contributed by atoms with van der Waals surface area (Å²) in [6.07, 6.45) is 0.714. The van der Waals surface area contributed by atoms with E-state index in [1.165, 1.54) is 11.3 Å². The predicted octanol–water partition coefficient (Wildman–Crippen LogP) is 4.19. The van der Waals surface area contributed by atoms with Gasteiger partial charge in [0.1, 0.15) is 10.8 Å². The zero-order valence-electron chi connectivity index (χ0n) is 12.1. The first-order valence-corrected chi connectivity index (χ1v) is 8.61. The van der Waals surface area contributed by atoms with Gasteiger partial charge in [0.15, 0.2) is 0 Å². The molecule has 0 fully saturated rings. The molecule has 1 N–H and O–H groups in total. The summed E-state index contributed by atoms with van der Waals surface area (Å²) in [5.74, 6) is -1.60. The van der Waals surface area contributed by atoms with Gasteiger partial charge in [-0.25, -0.2) is 4.98 Å². The van der Waals surface area contributed by atoms with Crippen LogP contribution in [0.15, 0.2) is 34.1 Å². The molecule has 4 nitrogen and oxygen atoms in total. The first-order valence-electron chi connectivity index (χ1n) is 6.94. The monoisotopic (exact) mass is 381 g/mol. The van der Waals surface area contributed by atoms with E-state index in [0.717, 1.165) is 15.0 Å². The van der Waals surface area contributed by atoms with E-state index in [2.05, 4.69) is 20.9 Å². The highest BCUT2D eigenvalue weighted by atomic mass is 79.9. The smallest absolute Gasteiger partial charge is 0.306 e. The van der Waals surface area contributed by atoms with E-state index in [0.29, 0.717) is 12.1 Å². The standard InChI is InChI=1S/C16H16BrNO3S/c1-2-10(16(20)21)7-14(19)8-13-9-22-15(18-13)11-4-3-5-12(17)6-11/h3-6,9-10H,2,7-8H2,1H3,(H,20,21). The maximum Gasteiger partial charge on any atom is 0.306 e. The van der Waals surface area contributed by atoms with Crippen LogP contribution >= 0.6 is 27.3 Å². The fourth-order valence-electron chi connectivity index (χ4n) is 2.10. The second-order valence-corrected chi connectivity index (χ2v) is 6.79. The van der Waals surface area contributed by atoms with E-state index < -0.39 is 11.9 Å². The summed E-state index contributed by atoms with van der Waals surface area (Å²) in [5.41, 5.74) is 1.69. The summed E-state index contributed by atoms with van der Waals surface area (Å²) >= 11 is 4.91. The highest BCUT2D eigenvalue weighted by Gasteiger charge is 2.20. The number of nitrogens with zero attached hydrogens (tertiary/aromatic N) is 1. The molecule has 1 atom stereocenters. The number of carboxylic acids is 1. The van der Waals surface area contributed by atoms with Crippen LogP contribution in [-0.4, -0.2) is 21.8 Å². The lowest BCUT2D eigenvalue weighted by molar-refractivity contribution is -0.143. The molecule has 2 aromatic rings. The van der Waals surface area contributed by atoms with Crippen molar-refractivity contribution in [1.29, 1.82) is 0 Å². The van der Waals surface area contributed by atoms with Crippen molar-refractivity contribution in [2.75, 3.05) is 0 Å². The molecule has 0 saturated heterocycles. The van der Waals surface area contributed by atoms with Crippen LogP contribution in [0.25, 0.3) is 10.6 Å². The van der Waals surface area contributed by atoms with Crippen molar-refractivity contribution in [1.82, 2.24) is 4.98 Å². The molecule has 0 amide bonds. The molecule has 1 heterocycles. The summed E-state index contributed by atoms with van der Waals surface area (Å²) in [4.78, 5) is 27.4. The SMILES string of the molecule is CCC(CC(=O)Cc1csc(-c2cccc(Br)c2)n1)C(=O)O. The molecule has 0 bridgehead atoms. The van der Waals surface area contributed by atoms with Crippen LogP contribution in [0.3, 0.4) is 0 Å². The zero-order chi connectivity index (χ0) is 16.1. The average Bonchev–Trinajstić information content (AvgIpc) is 2.93. The lowest BCUT2D eigenvalue weighted by Gasteiger charge is -2.07. The number of carbonyl (C=O) groups is 2. The molecule has 0 aliphatic carbocycles. The number of hydrogen-bond acceptors (Lipinski definition) is 4. The number of hydrogen-bond donors (Lipinski definition) is 1. The minimum absolute atomic E-state index is 0.0651. The van der Waals surface area contributed by atoms with Crippen molar-refractivity contribution in [3.63, 3.8) is 0 Å². The van der Waals surface area contributed by atoms with Gasteiger partial charge in [0.25, 0.3) is 0 Å². The van der Waals surface area contributed by atoms with Crippen LogP contribution in [0.4, 0.5) is 0 Å². The van der Waals surface area contributed by atoms with Crippen molar-refractivity contribution in [2.45, 2.75) is 26.2 Å². The van der Waals surface area contributed by atoms with E-state index in [9.17, 15) is 9.59 Å². The predicted molar refractivity (Wildman–Crippen MR) is 90.0 cm³/mol. The number of thiazole rings is 1. The molecule has 0 aliphatic rings. The van der Waals surface area contributed by atoms with Crippen molar-refractivity contribution in [3.8, 4) is 10.6 Å². The van der Waals surface area contributed by atoms with E-state index in [4.69, 9.17) is 5.11 Å². The number of benzene rings is 1. The topological polar surface area (TPSA) is 67.3 Å². The van der Waals surface area contributed by atoms with Crippen LogP contribution in [-0.2, 0) is 16.0 Å². The Labute approximate surface area is 141 Å². The first kappa shape index (κ1) is 16.8. The Bertz CT molecular complexity index is 684. The van der Waals surface area contributed by atoms with Gasteiger partial charge in [-0.15, -0.1) is 11.3 Å². The van der Waals surface area contributed by atoms with Gasteiger partial charge in [-0.2, -0.15) is 0 Å². The molecule has 1 unspecified atom stereocenters. The highest BCUT2D eigenvalue weighted by Crippen LogP contribution is 2.26. The third-order valence-corrected chi connectivity index (χ3v) is 4.75. The largest absolute Gasteiger partial charge is 0.481 e. The molecule has 116 valence electrons. The maximum absolute atomic E-state index is 12.0. The molecular weight excluding hydrogens is 366 g/mol. The number of ketones is 1. The van der Waals surface area contributed by atoms with Gasteiger partial charge < -0.3 is 5.11 Å². The molecule has 0 aliphatic heterocycles. The fourth-order valence-corrected chi connectivity index (χ4v) is 3.31. The highest BCUT2D eigenvalue weighted by molar-refractivity contribution is 9.10. The molecule has 1 aromatic heterocycles. The quantitative estimate of drug-likeness (QED) is 0.780. The van der Waals surface area contributed by atoms with Gasteiger partial charge >= 0.3 is 5.97 Å². The van der Waals surface area contributed by atoms with Gasteiger partial charge in [0.2, 0.25) is 0 Å². The Morgan fingerprint density at radius 2 is 2.18 bits per heavy atom. The van der Waals surface area contributed by atoms with Gasteiger partial charge in [-0.1, -0.05) is 35.0 Å². The van der Waals surface area contributed by atoms with E-state index in [1.807, 2.05) is 29.6 Å². The number of halogens is 1. The van der Waals surface area contributed by atoms with Crippen LogP contribution in [0.1, 0.15) is 25.5 Å². The van der Waals surface area contributed by atoms with Gasteiger partial charge in [0.05, 0.1) is 11.6 Å². The lowest BCUT2D eigenvalue weighted by atomic mass is 9.98. The second kappa shape index (κ2) is 7.65. The third-order valence-electron chi connectivity index (χ3n) is 3.32. The van der Waals surface area contributed by atoms with Gasteiger partial charge in [-0.05, 0) is 18.6 Å². The van der Waals surface area contributed by atoms with E-state index in [1.54, 1.807) is 6.92 Å². The fraction of sp³-hybridized carbons (Fsp3) is 0.312. The number of aromatic nitrogens is 1. The molecule has 6 heteroatoms. The number of Topliss-reactive ketones (excluding diaryl/α,β-unsaturated/α-hetero) is 1. The minimum Gasteiger partial charge on any atom is -0.481 e. The Morgan fingerprint density at radius 3 is 2.82 bits per heavy atom. The molecule has 0 spiro atoms. The average molecular weight is 382 g/mol. The summed E-state index contributed by atoms with van der Waals surface area (Å²) in [6.45, 7) is 1.78. The van der Waals surface area contributed by atoms with E-state index >= 15 is 0 Å². The minimum atomic E-state index is -0.913. The number of carboxylic acid groups (broad SMARTS) is 1. The van der Waals surface area contributed by atoms with Crippen molar-refractivity contribution in [2.24, 2.45) is 5.92 Å². The van der Waals surface area contributed by atoms with Crippen molar-refractivity contribution < 1.29 is 14.7 Å². The first-order chi connectivity index (χ1) is 10.5. The number of carbonyl (C=O) groups excluding carboxylic acids is 1. The summed E-state index contributed by atoms with van der Waals surface area (Å²) in [7, 11) is 0. The van der Waals surface area contributed by atoms with Crippen LogP contribution in [0.2, 0.25) is 0 Å². The second-order valence-electron chi connectivity index (χ2n) is 5.02. The summed E-state index contributed by atoms with van der Waals surface area (Å²) in [5, 5.41) is 11.7. The maximum atomic E-state index is 12.0. The van der Waals surface area contributed by atoms with Gasteiger partial charge in [-0.3, -0.25) is 9.59 Å². The van der Waals surface area contributed by atoms with Crippen LogP contribution < -0.4 is 0 Å². The molecule has 0 radical (unpaired) electrons. The van der Waals surface area contributed by atoms with Crippen LogP contribution in [0.5, 0.6) is 0 Å². The lowest BCUT2D eigenvalue weighted by Crippen LogP contribution is -2.18. The molecular formula is C16H16BrNO3S. The molecule has 22 heavy (non-hydrogen) atoms. The normalized spacial score (nSPS) is 12.1. The van der Waals surface area contributed by atoms with Gasteiger partial charge in [0, 0.05) is 28.3 Å². The zero-order valence-corrected chi connectivity index (χ0v) is 14.5. The van der Waals surface area contributed by atoms with E-state index in [-0.39, 0.29) is 18.6 Å². The molecule has 1 aromatic carbocycles. The number of rotatable bonds is 7. The van der Waals surface area contributed by atoms with Crippen molar-refractivity contribution >= 4 is 39.0 Å². The number of aliphatic carboxylic acids is 1. The molecule has 0 saturated carbocycles. The third kappa shape index (κ3) is 4.48.